The molecule has 0 aliphatic carbocycles. The fourth-order valence-corrected chi connectivity index (χ4v) is 0.604. The summed E-state index contributed by atoms with van der Waals surface area (Å²) in [7, 11) is 1.60. The molecule has 0 rings (SSSR count). The lowest BCUT2D eigenvalue weighted by Gasteiger charge is -1.95. The molecule has 0 aliphatic rings. The molecule has 0 unspecified atom stereocenters. The summed E-state index contributed by atoms with van der Waals surface area (Å²) in [4.78, 5) is 10.8. The average Bonchev–Trinajstić information content (AvgIpc) is 1.97. The number of hydrogen-bond acceptors (Lipinski definition) is 2. The molecule has 0 fully saturated rings. The number of carbonyl (C=O) groups excluding carboxylic acids is 1. The first-order valence-electron chi connectivity index (χ1n) is 3.42. The van der Waals surface area contributed by atoms with Crippen molar-refractivity contribution in [2.45, 2.75) is 19.3 Å². The predicted molar refractivity (Wildman–Crippen MR) is 40.9 cm³/mol. The van der Waals surface area contributed by atoms with Crippen molar-refractivity contribution >= 4 is 5.78 Å². The van der Waals surface area contributed by atoms with Gasteiger partial charge in [-0.25, -0.2) is 0 Å². The molecular formula is C8H14O2. The Kier molecular flexibility index (Phi) is 6.08. The maximum absolute atomic E-state index is 10.8. The number of carbonyl (C=O) groups is 1. The number of ether oxygens (including phenoxy) is 1. The Labute approximate surface area is 61.9 Å². The number of hydrogen-bond donors (Lipinski definition) is 0. The monoisotopic (exact) mass is 142 g/mol. The van der Waals surface area contributed by atoms with Crippen LogP contribution in [0.2, 0.25) is 0 Å². The van der Waals surface area contributed by atoms with Gasteiger partial charge in [0, 0.05) is 20.0 Å². The van der Waals surface area contributed by atoms with Crippen LogP contribution in [0.1, 0.15) is 19.3 Å². The smallest absolute Gasteiger partial charge is 0.135 e. The van der Waals surface area contributed by atoms with Crippen molar-refractivity contribution in [2.24, 2.45) is 0 Å². The molecule has 10 heavy (non-hydrogen) atoms. The maximum Gasteiger partial charge on any atom is 0.135 e. The Bertz CT molecular complexity index is 108. The molecule has 0 bridgehead atoms. The molecular weight excluding hydrogens is 128 g/mol. The van der Waals surface area contributed by atoms with Gasteiger partial charge in [-0.15, -0.1) is 6.58 Å². The summed E-state index contributed by atoms with van der Waals surface area (Å²) in [5.41, 5.74) is 0. The molecule has 0 atom stereocenters. The normalized spacial score (nSPS) is 9.30. The molecule has 0 saturated heterocycles. The van der Waals surface area contributed by atoms with Crippen LogP contribution < -0.4 is 0 Å². The molecule has 2 nitrogen and oxygen atoms in total. The molecule has 0 aromatic carbocycles. The summed E-state index contributed by atoms with van der Waals surface area (Å²) in [6, 6.07) is 0. The Balaban J connectivity index is 3.16. The highest BCUT2D eigenvalue weighted by atomic mass is 16.5. The molecule has 0 aromatic rings. The van der Waals surface area contributed by atoms with E-state index in [1.54, 1.807) is 13.2 Å². The van der Waals surface area contributed by atoms with Gasteiger partial charge < -0.3 is 4.74 Å². The van der Waals surface area contributed by atoms with E-state index in [0.29, 0.717) is 19.4 Å². The van der Waals surface area contributed by atoms with Crippen molar-refractivity contribution in [1.82, 2.24) is 0 Å². The quantitative estimate of drug-likeness (QED) is 0.526. The molecule has 0 spiro atoms. The third-order valence-electron chi connectivity index (χ3n) is 1.21. The van der Waals surface area contributed by atoms with Gasteiger partial charge in [-0.3, -0.25) is 4.79 Å². The molecule has 0 aromatic heterocycles. The standard InChI is InChI=1S/C8H14O2/c1-3-4-5-8(9)6-7-10-2/h3H,1,4-7H2,2H3. The Morgan fingerprint density at radius 1 is 1.60 bits per heavy atom. The second kappa shape index (κ2) is 6.49. The fraction of sp³-hybridized carbons (Fsp3) is 0.625. The van der Waals surface area contributed by atoms with Gasteiger partial charge in [0.1, 0.15) is 5.78 Å². The molecule has 0 aliphatic heterocycles. The van der Waals surface area contributed by atoms with E-state index in [9.17, 15) is 4.79 Å². The van der Waals surface area contributed by atoms with E-state index in [0.717, 1.165) is 6.42 Å². The van der Waals surface area contributed by atoms with Crippen LogP contribution >= 0.6 is 0 Å². The molecule has 0 radical (unpaired) electrons. The van der Waals surface area contributed by atoms with Gasteiger partial charge in [-0.1, -0.05) is 6.08 Å². The highest BCUT2D eigenvalue weighted by molar-refractivity contribution is 5.78. The number of allylic oxidation sites excluding steroid dienone is 1. The van der Waals surface area contributed by atoms with Gasteiger partial charge in [-0.05, 0) is 6.42 Å². The van der Waals surface area contributed by atoms with Crippen molar-refractivity contribution in [3.05, 3.63) is 12.7 Å². The highest BCUT2D eigenvalue weighted by Crippen LogP contribution is 1.95. The van der Waals surface area contributed by atoms with E-state index in [1.807, 2.05) is 0 Å². The summed E-state index contributed by atoms with van der Waals surface area (Å²) in [5.74, 6) is 0.252. The molecule has 58 valence electrons. The Morgan fingerprint density at radius 3 is 2.80 bits per heavy atom. The van der Waals surface area contributed by atoms with Gasteiger partial charge >= 0.3 is 0 Å². The number of ketones is 1. The predicted octanol–water partition coefficient (Wildman–Crippen LogP) is 1.56. The van der Waals surface area contributed by atoms with Crippen LogP contribution in [0.15, 0.2) is 12.7 Å². The van der Waals surface area contributed by atoms with Crippen LogP contribution in [0, 0.1) is 0 Å². The largest absolute Gasteiger partial charge is 0.384 e. The SMILES string of the molecule is C=CCCC(=O)CCOC. The first-order valence-corrected chi connectivity index (χ1v) is 3.42. The van der Waals surface area contributed by atoms with Crippen molar-refractivity contribution in [2.75, 3.05) is 13.7 Å². The average molecular weight is 142 g/mol. The first kappa shape index (κ1) is 9.37. The lowest BCUT2D eigenvalue weighted by Crippen LogP contribution is -2.01. The number of rotatable bonds is 6. The minimum atomic E-state index is 0.252. The second-order valence-electron chi connectivity index (χ2n) is 2.11. The van der Waals surface area contributed by atoms with Crippen LogP contribution in [-0.2, 0) is 9.53 Å². The Hall–Kier alpha value is -0.630. The minimum absolute atomic E-state index is 0.252. The molecule has 0 saturated carbocycles. The van der Waals surface area contributed by atoms with Crippen molar-refractivity contribution < 1.29 is 9.53 Å². The van der Waals surface area contributed by atoms with Crippen molar-refractivity contribution in [3.63, 3.8) is 0 Å². The molecule has 0 heterocycles. The van der Waals surface area contributed by atoms with Crippen LogP contribution in [0.25, 0.3) is 0 Å². The van der Waals surface area contributed by atoms with Gasteiger partial charge in [0.15, 0.2) is 0 Å². The zero-order chi connectivity index (χ0) is 7.82. The van der Waals surface area contributed by atoms with Gasteiger partial charge in [0.2, 0.25) is 0 Å². The molecule has 0 N–H and O–H groups in total. The molecule has 2 heteroatoms. The highest BCUT2D eigenvalue weighted by Gasteiger charge is 1.97. The van der Waals surface area contributed by atoms with Gasteiger partial charge in [0.05, 0.1) is 6.61 Å². The second-order valence-corrected chi connectivity index (χ2v) is 2.11. The van der Waals surface area contributed by atoms with Gasteiger partial charge in [-0.2, -0.15) is 0 Å². The zero-order valence-electron chi connectivity index (χ0n) is 6.43. The van der Waals surface area contributed by atoms with Crippen molar-refractivity contribution in [3.8, 4) is 0 Å². The maximum atomic E-state index is 10.8. The lowest BCUT2D eigenvalue weighted by atomic mass is 10.2. The van der Waals surface area contributed by atoms with Crippen LogP contribution in [0.5, 0.6) is 0 Å². The van der Waals surface area contributed by atoms with Crippen LogP contribution in [-0.4, -0.2) is 19.5 Å². The van der Waals surface area contributed by atoms with E-state index >= 15 is 0 Å². The summed E-state index contributed by atoms with van der Waals surface area (Å²) in [6.07, 6.45) is 3.67. The third kappa shape index (κ3) is 5.51. The van der Waals surface area contributed by atoms with Crippen molar-refractivity contribution in [1.29, 1.82) is 0 Å². The van der Waals surface area contributed by atoms with E-state index < -0.39 is 0 Å². The zero-order valence-corrected chi connectivity index (χ0v) is 6.43. The van der Waals surface area contributed by atoms with E-state index in [4.69, 9.17) is 4.74 Å². The lowest BCUT2D eigenvalue weighted by molar-refractivity contribution is -0.119. The Morgan fingerprint density at radius 2 is 2.30 bits per heavy atom. The summed E-state index contributed by atoms with van der Waals surface area (Å²) < 4.78 is 4.75. The summed E-state index contributed by atoms with van der Waals surface area (Å²) in [6.45, 7) is 4.07. The fourth-order valence-electron chi connectivity index (χ4n) is 0.604. The third-order valence-corrected chi connectivity index (χ3v) is 1.21. The van der Waals surface area contributed by atoms with E-state index in [-0.39, 0.29) is 5.78 Å². The minimum Gasteiger partial charge on any atom is -0.384 e. The van der Waals surface area contributed by atoms with Gasteiger partial charge in [0.25, 0.3) is 0 Å². The number of Topliss-reactive ketones (excluding diaryl/α,β-unsaturated/α-hetero) is 1. The van der Waals surface area contributed by atoms with E-state index in [2.05, 4.69) is 6.58 Å². The van der Waals surface area contributed by atoms with E-state index in [1.165, 1.54) is 0 Å². The number of methoxy groups -OCH3 is 1. The summed E-state index contributed by atoms with van der Waals surface area (Å²) >= 11 is 0. The summed E-state index contributed by atoms with van der Waals surface area (Å²) in [5, 5.41) is 0. The first-order chi connectivity index (χ1) is 4.81. The topological polar surface area (TPSA) is 26.3 Å². The van der Waals surface area contributed by atoms with Crippen LogP contribution in [0.4, 0.5) is 0 Å². The van der Waals surface area contributed by atoms with Crippen LogP contribution in [0.3, 0.4) is 0 Å². The molecule has 0 amide bonds.